The Morgan fingerprint density at radius 1 is 0.971 bits per heavy atom. The topological polar surface area (TPSA) is 104 Å². The summed E-state index contributed by atoms with van der Waals surface area (Å²) in [6.07, 6.45) is -0.746. The van der Waals surface area contributed by atoms with E-state index in [1.807, 2.05) is 51.1 Å². The summed E-state index contributed by atoms with van der Waals surface area (Å²) in [7, 11) is -3.86. The van der Waals surface area contributed by atoms with Crippen LogP contribution in [0, 0.1) is 18.8 Å². The molecule has 0 fully saturated rings. The van der Waals surface area contributed by atoms with Gasteiger partial charge in [0.05, 0.1) is 17.0 Å². The first kappa shape index (κ1) is 28.7. The SMILES string of the molecule is CC(=O)C[C@@H](C)C(=O)N[C@@H](Cc1ccccc1)[C@H](O)CN(CC(C)C)S(=O)(=O)c1ccc(C)cc1. The maximum Gasteiger partial charge on any atom is 0.243 e. The van der Waals surface area contributed by atoms with Crippen LogP contribution in [0.25, 0.3) is 0 Å². The third kappa shape index (κ3) is 8.87. The molecule has 3 atom stereocenters. The second kappa shape index (κ2) is 13.0. The Morgan fingerprint density at radius 2 is 1.57 bits per heavy atom. The molecule has 0 radical (unpaired) electrons. The number of aliphatic hydroxyl groups is 1. The summed E-state index contributed by atoms with van der Waals surface area (Å²) >= 11 is 0. The van der Waals surface area contributed by atoms with Gasteiger partial charge < -0.3 is 15.2 Å². The molecule has 0 unspecified atom stereocenters. The number of rotatable bonds is 13. The number of aryl methyl sites for hydroxylation is 1. The molecule has 0 saturated carbocycles. The Balaban J connectivity index is 2.31. The van der Waals surface area contributed by atoms with Crippen LogP contribution in [0.4, 0.5) is 0 Å². The van der Waals surface area contributed by atoms with Crippen LogP contribution in [0.3, 0.4) is 0 Å². The fourth-order valence-electron chi connectivity index (χ4n) is 3.87. The second-order valence-electron chi connectivity index (χ2n) is 9.71. The van der Waals surface area contributed by atoms with Crippen molar-refractivity contribution in [3.05, 3.63) is 65.7 Å². The normalized spacial score (nSPS) is 14.5. The van der Waals surface area contributed by atoms with Crippen molar-refractivity contribution in [3.8, 4) is 0 Å². The third-order valence-corrected chi connectivity index (χ3v) is 7.60. The Labute approximate surface area is 209 Å². The highest BCUT2D eigenvalue weighted by molar-refractivity contribution is 7.89. The summed E-state index contributed by atoms with van der Waals surface area (Å²) in [6, 6.07) is 15.3. The summed E-state index contributed by atoms with van der Waals surface area (Å²) in [4.78, 5) is 24.4. The summed E-state index contributed by atoms with van der Waals surface area (Å²) in [5.74, 6) is -0.974. The fraction of sp³-hybridized carbons (Fsp3) is 0.481. The predicted molar refractivity (Wildman–Crippen MR) is 137 cm³/mol. The van der Waals surface area contributed by atoms with E-state index in [2.05, 4.69) is 5.32 Å². The molecule has 0 spiro atoms. The van der Waals surface area contributed by atoms with E-state index in [-0.39, 0.29) is 42.0 Å². The maximum absolute atomic E-state index is 13.4. The van der Waals surface area contributed by atoms with Crippen LogP contribution in [-0.4, -0.2) is 54.8 Å². The van der Waals surface area contributed by atoms with Crippen molar-refractivity contribution in [3.63, 3.8) is 0 Å². The van der Waals surface area contributed by atoms with Crippen LogP contribution in [-0.2, 0) is 26.0 Å². The number of nitrogens with one attached hydrogen (secondary N) is 1. The maximum atomic E-state index is 13.4. The lowest BCUT2D eigenvalue weighted by molar-refractivity contribution is -0.129. The molecule has 0 aromatic heterocycles. The standard InChI is InChI=1S/C27H38N2O5S/c1-19(2)17-29(35(33,34)24-13-11-20(3)12-14-24)18-26(31)25(16-23-9-7-6-8-10-23)28-27(32)21(4)15-22(5)30/h6-14,19,21,25-26,31H,15-18H2,1-5H3,(H,28,32)/t21-,25+,26-/m1/s1. The molecule has 0 aliphatic heterocycles. The van der Waals surface area contributed by atoms with Crippen molar-refractivity contribution >= 4 is 21.7 Å². The minimum Gasteiger partial charge on any atom is -0.390 e. The number of aliphatic hydroxyl groups excluding tert-OH is 1. The lowest BCUT2D eigenvalue weighted by Crippen LogP contribution is -2.52. The van der Waals surface area contributed by atoms with Crippen molar-refractivity contribution < 1.29 is 23.1 Å². The highest BCUT2D eigenvalue weighted by atomic mass is 32.2. The van der Waals surface area contributed by atoms with Crippen molar-refractivity contribution in [1.82, 2.24) is 9.62 Å². The minimum absolute atomic E-state index is 0.0279. The summed E-state index contributed by atoms with van der Waals surface area (Å²) < 4.78 is 28.2. The number of benzene rings is 2. The zero-order valence-corrected chi connectivity index (χ0v) is 22.1. The third-order valence-electron chi connectivity index (χ3n) is 5.75. The van der Waals surface area contributed by atoms with Gasteiger partial charge in [0, 0.05) is 25.4 Å². The molecule has 35 heavy (non-hydrogen) atoms. The van der Waals surface area contributed by atoms with E-state index in [1.54, 1.807) is 31.2 Å². The van der Waals surface area contributed by atoms with Crippen molar-refractivity contribution in [1.29, 1.82) is 0 Å². The van der Waals surface area contributed by atoms with Crippen molar-refractivity contribution in [2.75, 3.05) is 13.1 Å². The van der Waals surface area contributed by atoms with E-state index in [0.29, 0.717) is 6.42 Å². The van der Waals surface area contributed by atoms with Crippen LogP contribution >= 0.6 is 0 Å². The summed E-state index contributed by atoms with van der Waals surface area (Å²) in [6.45, 7) is 8.85. The molecule has 1 amide bonds. The summed E-state index contributed by atoms with van der Waals surface area (Å²) in [5, 5.41) is 14.1. The van der Waals surface area contributed by atoms with Gasteiger partial charge in [0.25, 0.3) is 0 Å². The summed E-state index contributed by atoms with van der Waals surface area (Å²) in [5.41, 5.74) is 1.84. The monoisotopic (exact) mass is 502 g/mol. The lowest BCUT2D eigenvalue weighted by atomic mass is 9.98. The van der Waals surface area contributed by atoms with Gasteiger partial charge in [0.1, 0.15) is 5.78 Å². The molecule has 7 nitrogen and oxygen atoms in total. The van der Waals surface area contributed by atoms with Gasteiger partial charge in [-0.25, -0.2) is 8.42 Å². The van der Waals surface area contributed by atoms with E-state index >= 15 is 0 Å². The molecular formula is C27H38N2O5S. The second-order valence-corrected chi connectivity index (χ2v) is 11.6. The van der Waals surface area contributed by atoms with Crippen LogP contribution in [0.2, 0.25) is 0 Å². The van der Waals surface area contributed by atoms with Gasteiger partial charge in [-0.2, -0.15) is 4.31 Å². The first-order valence-corrected chi connectivity index (χ1v) is 13.4. The largest absolute Gasteiger partial charge is 0.390 e. The molecule has 0 bridgehead atoms. The van der Waals surface area contributed by atoms with Crippen LogP contribution in [0.15, 0.2) is 59.5 Å². The van der Waals surface area contributed by atoms with Gasteiger partial charge in [-0.05, 0) is 43.9 Å². The van der Waals surface area contributed by atoms with Gasteiger partial charge in [0.2, 0.25) is 15.9 Å². The Morgan fingerprint density at radius 3 is 2.11 bits per heavy atom. The van der Waals surface area contributed by atoms with Crippen molar-refractivity contribution in [2.45, 2.75) is 64.5 Å². The van der Waals surface area contributed by atoms with Crippen LogP contribution in [0.5, 0.6) is 0 Å². The number of amides is 1. The number of Topliss-reactive ketones (excluding diaryl/α,β-unsaturated/α-hetero) is 1. The molecular weight excluding hydrogens is 464 g/mol. The molecule has 8 heteroatoms. The van der Waals surface area contributed by atoms with E-state index in [9.17, 15) is 23.1 Å². The van der Waals surface area contributed by atoms with E-state index in [4.69, 9.17) is 0 Å². The molecule has 0 aliphatic rings. The Kier molecular flexibility index (Phi) is 10.6. The van der Waals surface area contributed by atoms with Gasteiger partial charge in [0.15, 0.2) is 0 Å². The van der Waals surface area contributed by atoms with E-state index < -0.39 is 28.1 Å². The smallest absolute Gasteiger partial charge is 0.243 e. The molecule has 2 aromatic carbocycles. The average Bonchev–Trinajstić information content (AvgIpc) is 2.78. The highest BCUT2D eigenvalue weighted by Crippen LogP contribution is 2.20. The molecule has 192 valence electrons. The zero-order valence-electron chi connectivity index (χ0n) is 21.3. The quantitative estimate of drug-likeness (QED) is 0.437. The molecule has 0 saturated heterocycles. The number of nitrogens with zero attached hydrogens (tertiary/aromatic N) is 1. The predicted octanol–water partition coefficient (Wildman–Crippen LogP) is 3.35. The number of ketones is 1. The lowest BCUT2D eigenvalue weighted by Gasteiger charge is -2.31. The minimum atomic E-state index is -3.86. The number of carbonyl (C=O) groups is 2. The van der Waals surface area contributed by atoms with Gasteiger partial charge in [-0.15, -0.1) is 0 Å². The van der Waals surface area contributed by atoms with Crippen molar-refractivity contribution in [2.24, 2.45) is 11.8 Å². The number of hydrogen-bond acceptors (Lipinski definition) is 5. The number of sulfonamides is 1. The fourth-order valence-corrected chi connectivity index (χ4v) is 5.49. The Bertz CT molecular complexity index is 1070. The van der Waals surface area contributed by atoms with E-state index in [0.717, 1.165) is 11.1 Å². The van der Waals surface area contributed by atoms with Gasteiger partial charge in [-0.3, -0.25) is 4.79 Å². The van der Waals surface area contributed by atoms with Gasteiger partial charge >= 0.3 is 0 Å². The molecule has 2 aromatic rings. The number of carbonyl (C=O) groups excluding carboxylic acids is 2. The van der Waals surface area contributed by atoms with Crippen LogP contribution in [0.1, 0.15) is 45.2 Å². The molecule has 2 N–H and O–H groups in total. The number of hydrogen-bond donors (Lipinski definition) is 2. The molecule has 0 aliphatic carbocycles. The first-order valence-electron chi connectivity index (χ1n) is 12.0. The average molecular weight is 503 g/mol. The zero-order chi connectivity index (χ0) is 26.2. The van der Waals surface area contributed by atoms with E-state index in [1.165, 1.54) is 11.2 Å². The molecule has 0 heterocycles. The first-order chi connectivity index (χ1) is 16.4. The van der Waals surface area contributed by atoms with Gasteiger partial charge in [-0.1, -0.05) is 68.8 Å². The van der Waals surface area contributed by atoms with Crippen LogP contribution < -0.4 is 5.32 Å². The Hall–Kier alpha value is -2.55. The highest BCUT2D eigenvalue weighted by Gasteiger charge is 2.32. The molecule has 2 rings (SSSR count).